The van der Waals surface area contributed by atoms with Crippen molar-refractivity contribution in [2.75, 3.05) is 12.4 Å². The van der Waals surface area contributed by atoms with Crippen LogP contribution in [0.3, 0.4) is 0 Å². The van der Waals surface area contributed by atoms with Gasteiger partial charge in [-0.15, -0.1) is 0 Å². The first kappa shape index (κ1) is 15.1. The monoisotopic (exact) mass is 300 g/mol. The van der Waals surface area contributed by atoms with Gasteiger partial charge in [0.2, 0.25) is 5.88 Å². The van der Waals surface area contributed by atoms with E-state index in [9.17, 15) is 17.6 Å². The molecular weight excluding hydrogens is 288 g/mol. The number of halogens is 4. The summed E-state index contributed by atoms with van der Waals surface area (Å²) >= 11 is 0. The molecule has 0 atom stereocenters. The van der Waals surface area contributed by atoms with E-state index < -0.39 is 17.6 Å². The summed E-state index contributed by atoms with van der Waals surface area (Å²) in [6, 6.07) is 5.96. The van der Waals surface area contributed by atoms with Crippen molar-refractivity contribution < 1.29 is 22.3 Å². The Hall–Kier alpha value is -2.31. The fourth-order valence-corrected chi connectivity index (χ4v) is 1.66. The van der Waals surface area contributed by atoms with Gasteiger partial charge in [0.25, 0.3) is 0 Å². The molecule has 0 spiro atoms. The highest BCUT2D eigenvalue weighted by Gasteiger charge is 2.32. The van der Waals surface area contributed by atoms with Gasteiger partial charge in [-0.25, -0.2) is 4.39 Å². The molecule has 1 aromatic carbocycles. The zero-order valence-corrected chi connectivity index (χ0v) is 11.3. The van der Waals surface area contributed by atoms with Crippen molar-refractivity contribution in [2.24, 2.45) is 0 Å². The van der Waals surface area contributed by atoms with Gasteiger partial charge in [-0.05, 0) is 24.6 Å². The van der Waals surface area contributed by atoms with E-state index in [2.05, 4.69) is 10.3 Å². The molecule has 0 saturated carbocycles. The maximum atomic E-state index is 13.8. The number of hydrogen-bond donors (Lipinski definition) is 1. The maximum Gasteiger partial charge on any atom is 0.416 e. The lowest BCUT2D eigenvalue weighted by molar-refractivity contribution is -0.137. The molecule has 1 heterocycles. The van der Waals surface area contributed by atoms with Crippen LogP contribution in [-0.4, -0.2) is 12.0 Å². The normalized spacial score (nSPS) is 11.3. The molecular formula is C14H12F4N2O. The van der Waals surface area contributed by atoms with Crippen LogP contribution in [0, 0.1) is 12.7 Å². The summed E-state index contributed by atoms with van der Waals surface area (Å²) in [6.45, 7) is 1.53. The lowest BCUT2D eigenvalue weighted by Crippen LogP contribution is -2.07. The first-order chi connectivity index (χ1) is 9.81. The first-order valence-electron chi connectivity index (χ1n) is 6.01. The van der Waals surface area contributed by atoms with Gasteiger partial charge >= 0.3 is 6.18 Å². The summed E-state index contributed by atoms with van der Waals surface area (Å²) in [6.07, 6.45) is -4.54. The molecule has 0 fully saturated rings. The molecule has 0 radical (unpaired) electrons. The van der Waals surface area contributed by atoms with Crippen molar-refractivity contribution in [1.82, 2.24) is 4.98 Å². The van der Waals surface area contributed by atoms with Crippen molar-refractivity contribution in [1.29, 1.82) is 0 Å². The predicted molar refractivity (Wildman–Crippen MR) is 70.0 cm³/mol. The van der Waals surface area contributed by atoms with Gasteiger partial charge in [0.15, 0.2) is 11.6 Å². The summed E-state index contributed by atoms with van der Waals surface area (Å²) in [5, 5.41) is 2.51. The summed E-state index contributed by atoms with van der Waals surface area (Å²) in [5.41, 5.74) is -0.599. The molecule has 0 aliphatic rings. The Balaban J connectivity index is 2.42. The average Bonchev–Trinajstić information content (AvgIpc) is 2.42. The highest BCUT2D eigenvalue weighted by molar-refractivity contribution is 5.43. The van der Waals surface area contributed by atoms with Crippen molar-refractivity contribution in [3.05, 3.63) is 47.3 Å². The van der Waals surface area contributed by atoms with Gasteiger partial charge in [-0.3, -0.25) is 0 Å². The number of aromatic nitrogens is 1. The molecule has 3 nitrogen and oxygen atoms in total. The molecule has 7 heteroatoms. The molecule has 0 aliphatic carbocycles. The average molecular weight is 300 g/mol. The van der Waals surface area contributed by atoms with Crippen molar-refractivity contribution in [2.45, 2.75) is 13.1 Å². The van der Waals surface area contributed by atoms with Crippen molar-refractivity contribution >= 4 is 5.82 Å². The van der Waals surface area contributed by atoms with E-state index in [0.717, 1.165) is 12.1 Å². The third kappa shape index (κ3) is 3.42. The van der Waals surface area contributed by atoms with E-state index in [1.54, 1.807) is 6.07 Å². The SMILES string of the molecule is CNc1cc(C(F)(F)F)cc(Oc2cccc(C)c2F)n1. The molecule has 0 saturated heterocycles. The second-order valence-corrected chi connectivity index (χ2v) is 4.32. The molecule has 0 bridgehead atoms. The Kier molecular flexibility index (Phi) is 4.02. The van der Waals surface area contributed by atoms with Gasteiger partial charge < -0.3 is 10.1 Å². The number of hydrogen-bond acceptors (Lipinski definition) is 3. The van der Waals surface area contributed by atoms with Gasteiger partial charge in [0.1, 0.15) is 5.82 Å². The number of ether oxygens (including phenoxy) is 1. The molecule has 0 unspecified atom stereocenters. The minimum absolute atomic E-state index is 0.0205. The number of nitrogens with one attached hydrogen (secondary N) is 1. The molecule has 1 aromatic heterocycles. The summed E-state index contributed by atoms with van der Waals surface area (Å²) in [4.78, 5) is 3.83. The maximum absolute atomic E-state index is 13.8. The summed E-state index contributed by atoms with van der Waals surface area (Å²) < 4.78 is 57.3. The second-order valence-electron chi connectivity index (χ2n) is 4.32. The van der Waals surface area contributed by atoms with E-state index in [1.165, 1.54) is 26.1 Å². The van der Waals surface area contributed by atoms with Crippen LogP contribution in [0.2, 0.25) is 0 Å². The van der Waals surface area contributed by atoms with Crippen LogP contribution in [0.25, 0.3) is 0 Å². The minimum atomic E-state index is -4.54. The van der Waals surface area contributed by atoms with Crippen LogP contribution < -0.4 is 10.1 Å². The lowest BCUT2D eigenvalue weighted by Gasteiger charge is -2.12. The van der Waals surface area contributed by atoms with Crippen LogP contribution >= 0.6 is 0 Å². The van der Waals surface area contributed by atoms with Gasteiger partial charge in [0.05, 0.1) is 5.56 Å². The zero-order chi connectivity index (χ0) is 15.6. The smallest absolute Gasteiger partial charge is 0.416 e. The van der Waals surface area contributed by atoms with E-state index >= 15 is 0 Å². The molecule has 2 aromatic rings. The fourth-order valence-electron chi connectivity index (χ4n) is 1.66. The number of aryl methyl sites for hydroxylation is 1. The van der Waals surface area contributed by atoms with Crippen LogP contribution in [0.1, 0.15) is 11.1 Å². The molecule has 0 aliphatic heterocycles. The van der Waals surface area contributed by atoms with Crippen molar-refractivity contribution in [3.8, 4) is 11.6 Å². The Bertz CT molecular complexity index is 656. The Morgan fingerprint density at radius 3 is 2.52 bits per heavy atom. The Labute approximate surface area is 118 Å². The van der Waals surface area contributed by atoms with Crippen molar-refractivity contribution in [3.63, 3.8) is 0 Å². The topological polar surface area (TPSA) is 34.1 Å². The van der Waals surface area contributed by atoms with Crippen LogP contribution in [0.15, 0.2) is 30.3 Å². The second kappa shape index (κ2) is 5.59. The van der Waals surface area contributed by atoms with Gasteiger partial charge in [-0.1, -0.05) is 12.1 Å². The summed E-state index contributed by atoms with van der Waals surface area (Å²) in [7, 11) is 1.43. The lowest BCUT2D eigenvalue weighted by atomic mass is 10.2. The number of alkyl halides is 3. The van der Waals surface area contributed by atoms with E-state index in [-0.39, 0.29) is 17.4 Å². The highest BCUT2D eigenvalue weighted by Crippen LogP contribution is 2.34. The van der Waals surface area contributed by atoms with E-state index in [1.807, 2.05) is 0 Å². The fraction of sp³-hybridized carbons (Fsp3) is 0.214. The highest BCUT2D eigenvalue weighted by atomic mass is 19.4. The van der Waals surface area contributed by atoms with Crippen LogP contribution in [-0.2, 0) is 6.18 Å². The number of anilines is 1. The Morgan fingerprint density at radius 2 is 1.90 bits per heavy atom. The largest absolute Gasteiger partial charge is 0.436 e. The Morgan fingerprint density at radius 1 is 1.19 bits per heavy atom. The molecule has 1 N–H and O–H groups in total. The predicted octanol–water partition coefficient (Wildman–Crippen LogP) is 4.38. The molecule has 21 heavy (non-hydrogen) atoms. The summed E-state index contributed by atoms with van der Waals surface area (Å²) in [5.74, 6) is -1.17. The number of rotatable bonds is 3. The number of nitrogens with zero attached hydrogens (tertiary/aromatic N) is 1. The third-order valence-electron chi connectivity index (χ3n) is 2.76. The number of pyridine rings is 1. The van der Waals surface area contributed by atoms with E-state index in [0.29, 0.717) is 5.56 Å². The van der Waals surface area contributed by atoms with E-state index in [4.69, 9.17) is 4.74 Å². The third-order valence-corrected chi connectivity index (χ3v) is 2.76. The van der Waals surface area contributed by atoms with Gasteiger partial charge in [0, 0.05) is 13.1 Å². The molecule has 112 valence electrons. The molecule has 0 amide bonds. The van der Waals surface area contributed by atoms with Crippen LogP contribution in [0.4, 0.5) is 23.4 Å². The minimum Gasteiger partial charge on any atom is -0.436 e. The first-order valence-corrected chi connectivity index (χ1v) is 6.01. The number of benzene rings is 1. The quantitative estimate of drug-likeness (QED) is 0.854. The van der Waals surface area contributed by atoms with Gasteiger partial charge in [-0.2, -0.15) is 18.2 Å². The standard InChI is InChI=1S/C14H12F4N2O/c1-8-4-3-5-10(13(8)15)21-12-7-9(14(16,17)18)6-11(19-2)20-12/h3-7H,1-2H3,(H,19,20). The zero-order valence-electron chi connectivity index (χ0n) is 11.3. The van der Waals surface area contributed by atoms with Crippen LogP contribution in [0.5, 0.6) is 11.6 Å². The molecule has 2 rings (SSSR count).